The predicted molar refractivity (Wildman–Crippen MR) is 33.9 cm³/mol. The van der Waals surface area contributed by atoms with Gasteiger partial charge in [-0.1, -0.05) is 12.1 Å². The van der Waals surface area contributed by atoms with Crippen molar-refractivity contribution in [3.63, 3.8) is 0 Å². The van der Waals surface area contributed by atoms with Crippen molar-refractivity contribution in [3.05, 3.63) is 36.6 Å². The third-order valence-corrected chi connectivity index (χ3v) is 1.22. The van der Waals surface area contributed by atoms with E-state index in [-0.39, 0.29) is 0 Å². The average molecular weight is 116 g/mol. The van der Waals surface area contributed by atoms with Gasteiger partial charge in [-0.25, -0.2) is 0 Å². The molecule has 1 aromatic carbocycles. The molecule has 2 rings (SSSR count). The molecule has 0 aliphatic heterocycles. The monoisotopic (exact) mass is 116 g/mol. The number of fused-ring (bicyclic) bond motifs is 1. The molecule has 0 atom stereocenters. The van der Waals surface area contributed by atoms with Gasteiger partial charge in [-0.15, -0.1) is 0 Å². The molecule has 0 amide bonds. The number of hydrogen-bond acceptors (Lipinski definition) is 1. The van der Waals surface area contributed by atoms with E-state index >= 15 is 0 Å². The normalized spacial score (nSPS) is 10.2. The zero-order valence-electron chi connectivity index (χ0n) is 4.72. The van der Waals surface area contributed by atoms with Crippen molar-refractivity contribution in [1.82, 2.24) is 0 Å². The summed E-state index contributed by atoms with van der Waals surface area (Å²) in [6.07, 6.45) is 2.63. The fourth-order valence-corrected chi connectivity index (χ4v) is 0.788. The minimum Gasteiger partial charge on any atom is -0.453 e. The van der Waals surface area contributed by atoms with Gasteiger partial charge >= 0.3 is 0 Å². The molecule has 0 aliphatic carbocycles. The highest BCUT2D eigenvalue weighted by Gasteiger charge is 1.91. The van der Waals surface area contributed by atoms with Gasteiger partial charge in [0, 0.05) is 5.39 Å². The minimum atomic E-state index is 0.845. The van der Waals surface area contributed by atoms with E-state index in [1.165, 1.54) is 0 Å². The first-order chi connectivity index (χ1) is 4.47. The summed E-state index contributed by atoms with van der Waals surface area (Å²) in [5.74, 6) is 0. The Hall–Kier alpha value is -1.24. The molecule has 1 aromatic heterocycles. The van der Waals surface area contributed by atoms with Crippen LogP contribution >= 0.6 is 0 Å². The standard InChI is InChI=1S/C8H4O/c1-2-4-8-7(3-1)5-6-9-8/h1-2,4-5H. The summed E-state index contributed by atoms with van der Waals surface area (Å²) in [4.78, 5) is 0. The minimum absolute atomic E-state index is 0.845. The molecule has 0 aliphatic rings. The fraction of sp³-hybridized carbons (Fsp3) is 0. The quantitative estimate of drug-likeness (QED) is 0.513. The third-order valence-electron chi connectivity index (χ3n) is 1.22. The average Bonchev–Trinajstić information content (AvgIpc) is 2.33. The van der Waals surface area contributed by atoms with Crippen molar-refractivity contribution in [1.29, 1.82) is 0 Å². The van der Waals surface area contributed by atoms with E-state index in [2.05, 4.69) is 12.3 Å². The lowest BCUT2D eigenvalue weighted by Crippen LogP contribution is -1.58. The largest absolute Gasteiger partial charge is 0.453 e. The summed E-state index contributed by atoms with van der Waals surface area (Å²) in [6.45, 7) is 0. The van der Waals surface area contributed by atoms with E-state index < -0.39 is 0 Å². The number of benzene rings is 1. The van der Waals surface area contributed by atoms with Crippen LogP contribution in [0.4, 0.5) is 0 Å². The highest BCUT2D eigenvalue weighted by atomic mass is 16.3. The van der Waals surface area contributed by atoms with Crippen molar-refractivity contribution in [2.45, 2.75) is 0 Å². The van der Waals surface area contributed by atoms with Crippen LogP contribution in [0.3, 0.4) is 0 Å². The predicted octanol–water partition coefficient (Wildman–Crippen LogP) is 2.03. The number of rotatable bonds is 0. The van der Waals surface area contributed by atoms with Gasteiger partial charge in [0.05, 0.1) is 0 Å². The molecule has 0 saturated heterocycles. The van der Waals surface area contributed by atoms with E-state index in [1.54, 1.807) is 6.07 Å². The Balaban J connectivity index is 2.95. The van der Waals surface area contributed by atoms with Crippen LogP contribution in [-0.2, 0) is 0 Å². The first kappa shape index (κ1) is 4.62. The number of furan rings is 1. The van der Waals surface area contributed by atoms with Gasteiger partial charge in [-0.3, -0.25) is 0 Å². The van der Waals surface area contributed by atoms with Crippen molar-refractivity contribution in [2.24, 2.45) is 0 Å². The van der Waals surface area contributed by atoms with Crippen LogP contribution in [0.1, 0.15) is 0 Å². The fourth-order valence-electron chi connectivity index (χ4n) is 0.788. The molecule has 9 heavy (non-hydrogen) atoms. The Morgan fingerprint density at radius 2 is 2.44 bits per heavy atom. The van der Waals surface area contributed by atoms with Crippen LogP contribution in [0.2, 0.25) is 0 Å². The lowest BCUT2D eigenvalue weighted by Gasteiger charge is -1.80. The SMILES string of the molecule is [c]1cc2[c]cccc2o1. The molecule has 42 valence electrons. The summed E-state index contributed by atoms with van der Waals surface area (Å²) < 4.78 is 4.96. The Labute approximate surface area is 52.9 Å². The maximum Gasteiger partial charge on any atom is 0.170 e. The zero-order valence-corrected chi connectivity index (χ0v) is 4.72. The molecule has 0 spiro atoms. The molecule has 2 aromatic rings. The van der Waals surface area contributed by atoms with Gasteiger partial charge in [-0.2, -0.15) is 0 Å². The van der Waals surface area contributed by atoms with Gasteiger partial charge in [0.25, 0.3) is 0 Å². The second kappa shape index (κ2) is 1.62. The van der Waals surface area contributed by atoms with E-state index in [4.69, 9.17) is 4.42 Å². The van der Waals surface area contributed by atoms with Gasteiger partial charge in [0.15, 0.2) is 6.26 Å². The molecule has 0 bridgehead atoms. The van der Waals surface area contributed by atoms with E-state index in [9.17, 15) is 0 Å². The molecule has 1 heteroatoms. The van der Waals surface area contributed by atoms with Crippen LogP contribution < -0.4 is 0 Å². The first-order valence-corrected chi connectivity index (χ1v) is 2.73. The van der Waals surface area contributed by atoms with Crippen molar-refractivity contribution in [3.8, 4) is 0 Å². The second-order valence-electron chi connectivity index (χ2n) is 1.81. The summed E-state index contributed by atoms with van der Waals surface area (Å²) >= 11 is 0. The van der Waals surface area contributed by atoms with Crippen LogP contribution in [0, 0.1) is 12.3 Å². The van der Waals surface area contributed by atoms with Crippen molar-refractivity contribution in [2.75, 3.05) is 0 Å². The lowest BCUT2D eigenvalue weighted by molar-refractivity contribution is 0.606. The van der Waals surface area contributed by atoms with E-state index in [0.717, 1.165) is 11.0 Å². The molecule has 0 unspecified atom stereocenters. The van der Waals surface area contributed by atoms with Crippen LogP contribution in [0.25, 0.3) is 11.0 Å². The Bertz CT molecular complexity index is 279. The molecular formula is C8H4O. The molecule has 1 nitrogen and oxygen atoms in total. The smallest absolute Gasteiger partial charge is 0.170 e. The highest BCUT2D eigenvalue weighted by molar-refractivity contribution is 5.75. The molecule has 0 fully saturated rings. The highest BCUT2D eigenvalue weighted by Crippen LogP contribution is 2.11. The zero-order chi connectivity index (χ0) is 6.10. The lowest BCUT2D eigenvalue weighted by atomic mass is 10.3. The Kier molecular flexibility index (Phi) is 0.833. The Morgan fingerprint density at radius 1 is 1.44 bits per heavy atom. The maximum atomic E-state index is 4.96. The van der Waals surface area contributed by atoms with Crippen molar-refractivity contribution < 1.29 is 4.42 Å². The van der Waals surface area contributed by atoms with Crippen LogP contribution in [0.5, 0.6) is 0 Å². The van der Waals surface area contributed by atoms with Gasteiger partial charge in [0.2, 0.25) is 0 Å². The first-order valence-electron chi connectivity index (χ1n) is 2.73. The maximum absolute atomic E-state index is 4.96. The van der Waals surface area contributed by atoms with Gasteiger partial charge in [0.1, 0.15) is 5.58 Å². The summed E-state index contributed by atoms with van der Waals surface area (Å²) in [5, 5.41) is 0.984. The van der Waals surface area contributed by atoms with Gasteiger partial charge < -0.3 is 4.42 Å². The topological polar surface area (TPSA) is 13.1 Å². The summed E-state index contributed by atoms with van der Waals surface area (Å²) in [5.41, 5.74) is 0.845. The van der Waals surface area contributed by atoms with Crippen LogP contribution in [-0.4, -0.2) is 0 Å². The third kappa shape index (κ3) is 0.617. The molecule has 0 N–H and O–H groups in total. The van der Waals surface area contributed by atoms with E-state index in [0.29, 0.717) is 0 Å². The van der Waals surface area contributed by atoms with Crippen LogP contribution in [0.15, 0.2) is 28.7 Å². The second-order valence-corrected chi connectivity index (χ2v) is 1.81. The van der Waals surface area contributed by atoms with Crippen molar-refractivity contribution >= 4 is 11.0 Å². The molecule has 2 radical (unpaired) electrons. The summed E-state index contributed by atoms with van der Waals surface area (Å²) in [7, 11) is 0. The molecular weight excluding hydrogens is 112 g/mol. The van der Waals surface area contributed by atoms with Gasteiger partial charge in [-0.05, 0) is 18.2 Å². The van der Waals surface area contributed by atoms with E-state index in [1.807, 2.05) is 18.2 Å². The molecule has 1 heterocycles. The Morgan fingerprint density at radius 3 is 3.33 bits per heavy atom. The summed E-state index contributed by atoms with van der Waals surface area (Å²) in [6, 6.07) is 10.4. The molecule has 0 saturated carbocycles. The number of hydrogen-bond donors (Lipinski definition) is 0.